The molecule has 0 aromatic heterocycles. The standard InChI is InChI=1S/C16H23FN2O2S/c1-10-13(7-8-22-10)19-14-9-11(5-6-12(14)17)18-15(20)21-16(2,3)4/h5-6,9-10,13,19H,7-8H2,1-4H3,(H,18,20). The average Bonchev–Trinajstić information content (AvgIpc) is 2.77. The fourth-order valence-electron chi connectivity index (χ4n) is 2.26. The van der Waals surface area contributed by atoms with Gasteiger partial charge in [0.25, 0.3) is 0 Å². The predicted octanol–water partition coefficient (Wildman–Crippen LogP) is 4.48. The molecule has 1 heterocycles. The van der Waals surface area contributed by atoms with E-state index in [1.807, 2.05) is 11.8 Å². The molecule has 0 radical (unpaired) electrons. The molecule has 1 aliphatic rings. The third-order valence-electron chi connectivity index (χ3n) is 3.33. The highest BCUT2D eigenvalue weighted by atomic mass is 32.2. The summed E-state index contributed by atoms with van der Waals surface area (Å²) >= 11 is 1.88. The summed E-state index contributed by atoms with van der Waals surface area (Å²) in [7, 11) is 0. The molecule has 1 aromatic carbocycles. The molecule has 1 fully saturated rings. The third kappa shape index (κ3) is 4.80. The maximum atomic E-state index is 13.9. The highest BCUT2D eigenvalue weighted by Crippen LogP contribution is 2.30. The van der Waals surface area contributed by atoms with Crippen LogP contribution < -0.4 is 10.6 Å². The van der Waals surface area contributed by atoms with E-state index in [1.165, 1.54) is 12.1 Å². The van der Waals surface area contributed by atoms with E-state index in [0.717, 1.165) is 12.2 Å². The van der Waals surface area contributed by atoms with Crippen LogP contribution >= 0.6 is 11.8 Å². The number of nitrogens with one attached hydrogen (secondary N) is 2. The van der Waals surface area contributed by atoms with Gasteiger partial charge in [0, 0.05) is 17.0 Å². The van der Waals surface area contributed by atoms with Gasteiger partial charge in [-0.2, -0.15) is 11.8 Å². The van der Waals surface area contributed by atoms with Crippen LogP contribution in [0.5, 0.6) is 0 Å². The predicted molar refractivity (Wildman–Crippen MR) is 90.2 cm³/mol. The lowest BCUT2D eigenvalue weighted by Gasteiger charge is -2.21. The van der Waals surface area contributed by atoms with Gasteiger partial charge in [-0.3, -0.25) is 5.32 Å². The fraction of sp³-hybridized carbons (Fsp3) is 0.562. The first-order valence-electron chi connectivity index (χ1n) is 7.42. The second-order valence-corrected chi connectivity index (χ2v) is 7.92. The monoisotopic (exact) mass is 326 g/mol. The molecule has 0 saturated carbocycles. The van der Waals surface area contributed by atoms with Crippen LogP contribution in [0.15, 0.2) is 18.2 Å². The van der Waals surface area contributed by atoms with Gasteiger partial charge in [0.05, 0.1) is 5.69 Å². The highest BCUT2D eigenvalue weighted by Gasteiger charge is 2.24. The topological polar surface area (TPSA) is 50.4 Å². The van der Waals surface area contributed by atoms with Crippen LogP contribution in [0.2, 0.25) is 0 Å². The van der Waals surface area contributed by atoms with E-state index in [2.05, 4.69) is 17.6 Å². The van der Waals surface area contributed by atoms with Gasteiger partial charge in [0.1, 0.15) is 11.4 Å². The van der Waals surface area contributed by atoms with E-state index in [9.17, 15) is 9.18 Å². The van der Waals surface area contributed by atoms with Crippen LogP contribution in [0, 0.1) is 5.82 Å². The van der Waals surface area contributed by atoms with E-state index < -0.39 is 11.7 Å². The molecule has 22 heavy (non-hydrogen) atoms. The van der Waals surface area contributed by atoms with Crippen LogP contribution in [0.4, 0.5) is 20.6 Å². The summed E-state index contributed by atoms with van der Waals surface area (Å²) in [6.07, 6.45) is 0.462. The summed E-state index contributed by atoms with van der Waals surface area (Å²) in [6, 6.07) is 4.73. The van der Waals surface area contributed by atoms with E-state index in [1.54, 1.807) is 26.8 Å². The lowest BCUT2D eigenvalue weighted by atomic mass is 10.1. The summed E-state index contributed by atoms with van der Waals surface area (Å²) in [5.74, 6) is 0.759. The van der Waals surface area contributed by atoms with Crippen LogP contribution in [0.3, 0.4) is 0 Å². The molecular weight excluding hydrogens is 303 g/mol. The molecule has 2 rings (SSSR count). The molecule has 1 amide bonds. The van der Waals surface area contributed by atoms with Crippen molar-refractivity contribution in [2.24, 2.45) is 0 Å². The van der Waals surface area contributed by atoms with Crippen molar-refractivity contribution in [3.63, 3.8) is 0 Å². The molecular formula is C16H23FN2O2S. The fourth-order valence-corrected chi connectivity index (χ4v) is 3.45. The molecule has 0 aliphatic carbocycles. The van der Waals surface area contributed by atoms with Crippen molar-refractivity contribution < 1.29 is 13.9 Å². The molecule has 1 saturated heterocycles. The van der Waals surface area contributed by atoms with Crippen LogP contribution in [-0.4, -0.2) is 28.7 Å². The maximum Gasteiger partial charge on any atom is 0.412 e. The van der Waals surface area contributed by atoms with E-state index in [-0.39, 0.29) is 11.9 Å². The van der Waals surface area contributed by atoms with Gasteiger partial charge >= 0.3 is 6.09 Å². The second kappa shape index (κ2) is 6.77. The molecule has 1 aliphatic heterocycles. The van der Waals surface area contributed by atoms with Crippen molar-refractivity contribution in [3.8, 4) is 0 Å². The number of hydrogen-bond donors (Lipinski definition) is 2. The zero-order valence-electron chi connectivity index (χ0n) is 13.4. The largest absolute Gasteiger partial charge is 0.444 e. The number of carbonyl (C=O) groups is 1. The Balaban J connectivity index is 2.04. The molecule has 2 unspecified atom stereocenters. The van der Waals surface area contributed by atoms with E-state index in [4.69, 9.17) is 4.74 Å². The Bertz CT molecular complexity index is 545. The van der Waals surface area contributed by atoms with Crippen molar-refractivity contribution >= 4 is 29.2 Å². The zero-order chi connectivity index (χ0) is 16.3. The maximum absolute atomic E-state index is 13.9. The summed E-state index contributed by atoms with van der Waals surface area (Å²) in [5, 5.41) is 6.31. The van der Waals surface area contributed by atoms with Crippen LogP contribution in [-0.2, 0) is 4.74 Å². The van der Waals surface area contributed by atoms with Crippen molar-refractivity contribution in [1.29, 1.82) is 0 Å². The number of anilines is 2. The summed E-state index contributed by atoms with van der Waals surface area (Å²) in [4.78, 5) is 11.8. The minimum absolute atomic E-state index is 0.247. The quantitative estimate of drug-likeness (QED) is 0.860. The number of amides is 1. The Kier molecular flexibility index (Phi) is 5.21. The van der Waals surface area contributed by atoms with E-state index >= 15 is 0 Å². The number of rotatable bonds is 3. The molecule has 6 heteroatoms. The van der Waals surface area contributed by atoms with Gasteiger partial charge in [0.2, 0.25) is 0 Å². The Morgan fingerprint density at radius 1 is 1.41 bits per heavy atom. The third-order valence-corrected chi connectivity index (χ3v) is 4.65. The highest BCUT2D eigenvalue weighted by molar-refractivity contribution is 8.00. The average molecular weight is 326 g/mol. The van der Waals surface area contributed by atoms with Gasteiger partial charge in [0.15, 0.2) is 0 Å². The first kappa shape index (κ1) is 16.9. The van der Waals surface area contributed by atoms with Gasteiger partial charge < -0.3 is 10.1 Å². The number of benzene rings is 1. The zero-order valence-corrected chi connectivity index (χ0v) is 14.2. The molecule has 122 valence electrons. The van der Waals surface area contributed by atoms with Crippen molar-refractivity contribution in [2.75, 3.05) is 16.4 Å². The lowest BCUT2D eigenvalue weighted by molar-refractivity contribution is 0.0636. The van der Waals surface area contributed by atoms with Gasteiger partial charge in [-0.25, -0.2) is 9.18 Å². The Morgan fingerprint density at radius 3 is 2.73 bits per heavy atom. The normalized spacial score (nSPS) is 21.5. The van der Waals surface area contributed by atoms with Gasteiger partial charge in [-0.1, -0.05) is 6.92 Å². The van der Waals surface area contributed by atoms with Crippen molar-refractivity contribution in [3.05, 3.63) is 24.0 Å². The summed E-state index contributed by atoms with van der Waals surface area (Å²) in [5.41, 5.74) is 0.353. The number of halogens is 1. The molecule has 2 atom stereocenters. The minimum atomic E-state index is -0.568. The number of hydrogen-bond acceptors (Lipinski definition) is 4. The van der Waals surface area contributed by atoms with Gasteiger partial charge in [-0.15, -0.1) is 0 Å². The first-order valence-corrected chi connectivity index (χ1v) is 8.47. The lowest BCUT2D eigenvalue weighted by Crippen LogP contribution is -2.27. The van der Waals surface area contributed by atoms with Crippen LogP contribution in [0.25, 0.3) is 0 Å². The Hall–Kier alpha value is -1.43. The smallest absolute Gasteiger partial charge is 0.412 e. The molecule has 0 bridgehead atoms. The SMILES string of the molecule is CC1SCCC1Nc1cc(NC(=O)OC(C)(C)C)ccc1F. The Labute approximate surface area is 135 Å². The molecule has 1 aromatic rings. The first-order chi connectivity index (χ1) is 10.2. The summed E-state index contributed by atoms with van der Waals surface area (Å²) < 4.78 is 19.1. The Morgan fingerprint density at radius 2 is 2.14 bits per heavy atom. The molecule has 2 N–H and O–H groups in total. The number of carbonyl (C=O) groups excluding carboxylic acids is 1. The van der Waals surface area contributed by atoms with E-state index in [0.29, 0.717) is 16.6 Å². The van der Waals surface area contributed by atoms with Crippen LogP contribution in [0.1, 0.15) is 34.1 Å². The number of thioether (sulfide) groups is 1. The number of ether oxygens (including phenoxy) is 1. The second-order valence-electron chi connectivity index (χ2n) is 6.44. The van der Waals surface area contributed by atoms with Gasteiger partial charge in [-0.05, 0) is 51.1 Å². The molecule has 4 nitrogen and oxygen atoms in total. The van der Waals surface area contributed by atoms with Crippen molar-refractivity contribution in [2.45, 2.75) is 51.0 Å². The van der Waals surface area contributed by atoms with Crippen molar-refractivity contribution in [1.82, 2.24) is 0 Å². The molecule has 0 spiro atoms. The summed E-state index contributed by atoms with van der Waals surface area (Å²) in [6.45, 7) is 7.52. The minimum Gasteiger partial charge on any atom is -0.444 e.